The predicted octanol–water partition coefficient (Wildman–Crippen LogP) is 3.41. The van der Waals surface area contributed by atoms with Gasteiger partial charge in [0.1, 0.15) is 18.1 Å². The number of aliphatic imine (C=N–C) groups is 1. The number of halogens is 1. The second-order valence-corrected chi connectivity index (χ2v) is 5.69. The monoisotopic (exact) mass is 469 g/mol. The molecular weight excluding hydrogens is 441 g/mol. The highest BCUT2D eigenvalue weighted by Gasteiger charge is 2.00. The molecule has 0 atom stereocenters. The van der Waals surface area contributed by atoms with E-state index in [1.807, 2.05) is 42.5 Å². The van der Waals surface area contributed by atoms with E-state index in [1.165, 1.54) is 11.1 Å². The summed E-state index contributed by atoms with van der Waals surface area (Å²) in [6.45, 7) is 4.13. The van der Waals surface area contributed by atoms with Crippen LogP contribution in [0.3, 0.4) is 0 Å². The number of rotatable bonds is 8. The zero-order valence-electron chi connectivity index (χ0n) is 15.6. The SMILES string of the molecule is CN=C(NCCOc1ccc(C)cc1)NCCc1cccc(OC)c1.I. The Morgan fingerprint density at radius 1 is 1.00 bits per heavy atom. The molecule has 0 fully saturated rings. The zero-order chi connectivity index (χ0) is 17.9. The summed E-state index contributed by atoms with van der Waals surface area (Å²) in [5, 5.41) is 6.55. The maximum absolute atomic E-state index is 5.70. The molecule has 0 unspecified atom stereocenters. The Morgan fingerprint density at radius 2 is 1.73 bits per heavy atom. The van der Waals surface area contributed by atoms with Crippen LogP contribution in [0.4, 0.5) is 0 Å². The molecule has 0 aliphatic carbocycles. The molecule has 0 bridgehead atoms. The second-order valence-electron chi connectivity index (χ2n) is 5.69. The van der Waals surface area contributed by atoms with Gasteiger partial charge < -0.3 is 20.1 Å². The van der Waals surface area contributed by atoms with Gasteiger partial charge in [-0.05, 0) is 43.2 Å². The average molecular weight is 469 g/mol. The van der Waals surface area contributed by atoms with Crippen molar-refractivity contribution >= 4 is 29.9 Å². The van der Waals surface area contributed by atoms with E-state index in [-0.39, 0.29) is 24.0 Å². The predicted molar refractivity (Wildman–Crippen MR) is 118 cm³/mol. The van der Waals surface area contributed by atoms with Crippen LogP contribution in [0.2, 0.25) is 0 Å². The molecule has 0 heterocycles. The molecule has 0 aliphatic heterocycles. The van der Waals surface area contributed by atoms with Crippen LogP contribution in [-0.4, -0.2) is 39.8 Å². The Labute approximate surface area is 173 Å². The van der Waals surface area contributed by atoms with Crippen molar-refractivity contribution in [3.63, 3.8) is 0 Å². The lowest BCUT2D eigenvalue weighted by atomic mass is 10.1. The van der Waals surface area contributed by atoms with Crippen molar-refractivity contribution in [3.05, 3.63) is 59.7 Å². The van der Waals surface area contributed by atoms with Crippen molar-refractivity contribution in [2.75, 3.05) is 33.9 Å². The highest BCUT2D eigenvalue weighted by Crippen LogP contribution is 2.12. The molecule has 2 N–H and O–H groups in total. The largest absolute Gasteiger partial charge is 0.497 e. The van der Waals surface area contributed by atoms with E-state index in [1.54, 1.807) is 14.2 Å². The Kier molecular flexibility index (Phi) is 10.5. The van der Waals surface area contributed by atoms with Crippen molar-refractivity contribution in [2.24, 2.45) is 4.99 Å². The molecule has 2 aromatic carbocycles. The fraction of sp³-hybridized carbons (Fsp3) is 0.350. The molecule has 6 heteroatoms. The Hall–Kier alpha value is -1.96. The summed E-state index contributed by atoms with van der Waals surface area (Å²) in [7, 11) is 3.45. The lowest BCUT2D eigenvalue weighted by molar-refractivity contribution is 0.322. The first-order valence-corrected chi connectivity index (χ1v) is 8.48. The molecular formula is C20H28IN3O2. The molecule has 2 rings (SSSR count). The van der Waals surface area contributed by atoms with Crippen LogP contribution in [0.5, 0.6) is 11.5 Å². The summed E-state index contributed by atoms with van der Waals surface area (Å²) < 4.78 is 10.9. The molecule has 5 nitrogen and oxygen atoms in total. The van der Waals surface area contributed by atoms with Gasteiger partial charge in [-0.1, -0.05) is 29.8 Å². The zero-order valence-corrected chi connectivity index (χ0v) is 17.9. The summed E-state index contributed by atoms with van der Waals surface area (Å²) in [6.07, 6.45) is 0.901. The third-order valence-corrected chi connectivity index (χ3v) is 3.75. The number of hydrogen-bond donors (Lipinski definition) is 2. The normalized spacial score (nSPS) is 10.7. The van der Waals surface area contributed by atoms with Crippen molar-refractivity contribution in [2.45, 2.75) is 13.3 Å². The first kappa shape index (κ1) is 22.1. The van der Waals surface area contributed by atoms with E-state index in [9.17, 15) is 0 Å². The number of ether oxygens (including phenoxy) is 2. The van der Waals surface area contributed by atoms with Crippen molar-refractivity contribution in [3.8, 4) is 11.5 Å². The number of methoxy groups -OCH3 is 1. The van der Waals surface area contributed by atoms with Crippen LogP contribution in [-0.2, 0) is 6.42 Å². The molecule has 0 saturated carbocycles. The fourth-order valence-electron chi connectivity index (χ4n) is 2.35. The number of guanidine groups is 1. The standard InChI is InChI=1S/C20H27N3O2.HI/c1-16-7-9-18(10-8-16)25-14-13-23-20(21-2)22-12-11-17-5-4-6-19(15-17)24-3;/h4-10,15H,11-14H2,1-3H3,(H2,21,22,23);1H. The van der Waals surface area contributed by atoms with Crippen LogP contribution in [0.1, 0.15) is 11.1 Å². The summed E-state index contributed by atoms with van der Waals surface area (Å²) in [5.74, 6) is 2.54. The smallest absolute Gasteiger partial charge is 0.191 e. The quantitative estimate of drug-likeness (QED) is 0.269. The highest BCUT2D eigenvalue weighted by molar-refractivity contribution is 14.0. The molecule has 0 aliphatic rings. The number of nitrogens with one attached hydrogen (secondary N) is 2. The molecule has 0 amide bonds. The van der Waals surface area contributed by atoms with Crippen molar-refractivity contribution in [1.29, 1.82) is 0 Å². The lowest BCUT2D eigenvalue weighted by Gasteiger charge is -2.13. The molecule has 0 saturated heterocycles. The van der Waals surface area contributed by atoms with Crippen molar-refractivity contribution < 1.29 is 9.47 Å². The average Bonchev–Trinajstić information content (AvgIpc) is 2.65. The minimum absolute atomic E-state index is 0. The topological polar surface area (TPSA) is 54.9 Å². The van der Waals surface area contributed by atoms with Crippen molar-refractivity contribution in [1.82, 2.24) is 10.6 Å². The van der Waals surface area contributed by atoms with Crippen LogP contribution in [0.15, 0.2) is 53.5 Å². The van der Waals surface area contributed by atoms with Gasteiger partial charge in [0.15, 0.2) is 5.96 Å². The Morgan fingerprint density at radius 3 is 2.42 bits per heavy atom. The van der Waals surface area contributed by atoms with E-state index in [4.69, 9.17) is 9.47 Å². The van der Waals surface area contributed by atoms with E-state index >= 15 is 0 Å². The van der Waals surface area contributed by atoms with Gasteiger partial charge >= 0.3 is 0 Å². The summed E-state index contributed by atoms with van der Waals surface area (Å²) in [4.78, 5) is 4.22. The Bertz CT molecular complexity index is 675. The van der Waals surface area contributed by atoms with Gasteiger partial charge in [-0.15, -0.1) is 24.0 Å². The number of hydrogen-bond acceptors (Lipinski definition) is 3. The van der Waals surface area contributed by atoms with E-state index < -0.39 is 0 Å². The van der Waals surface area contributed by atoms with E-state index in [2.05, 4.69) is 28.6 Å². The van der Waals surface area contributed by atoms with Gasteiger partial charge in [-0.3, -0.25) is 4.99 Å². The van der Waals surface area contributed by atoms with Gasteiger partial charge in [0.25, 0.3) is 0 Å². The maximum Gasteiger partial charge on any atom is 0.191 e. The van der Waals surface area contributed by atoms with Gasteiger partial charge in [-0.2, -0.15) is 0 Å². The summed E-state index contributed by atoms with van der Waals surface area (Å²) in [6, 6.07) is 16.1. The maximum atomic E-state index is 5.70. The molecule has 0 aromatic heterocycles. The third kappa shape index (κ3) is 7.95. The highest BCUT2D eigenvalue weighted by atomic mass is 127. The number of benzene rings is 2. The van der Waals surface area contributed by atoms with Crippen LogP contribution >= 0.6 is 24.0 Å². The minimum atomic E-state index is 0. The first-order valence-electron chi connectivity index (χ1n) is 8.48. The second kappa shape index (κ2) is 12.4. The molecule has 0 radical (unpaired) electrons. The van der Waals surface area contributed by atoms with Gasteiger partial charge in [0.2, 0.25) is 0 Å². The van der Waals surface area contributed by atoms with Crippen LogP contribution in [0, 0.1) is 6.92 Å². The van der Waals surface area contributed by atoms with Gasteiger partial charge in [-0.25, -0.2) is 0 Å². The molecule has 142 valence electrons. The number of aryl methyl sites for hydroxylation is 1. The minimum Gasteiger partial charge on any atom is -0.497 e. The Balaban J connectivity index is 0.00000338. The van der Waals surface area contributed by atoms with Gasteiger partial charge in [0.05, 0.1) is 13.7 Å². The van der Waals surface area contributed by atoms with E-state index in [0.717, 1.165) is 30.4 Å². The summed E-state index contributed by atoms with van der Waals surface area (Å²) >= 11 is 0. The van der Waals surface area contributed by atoms with Crippen LogP contribution < -0.4 is 20.1 Å². The molecule has 0 spiro atoms. The van der Waals surface area contributed by atoms with E-state index in [0.29, 0.717) is 13.2 Å². The van der Waals surface area contributed by atoms with Gasteiger partial charge in [0, 0.05) is 13.6 Å². The molecule has 2 aromatic rings. The number of nitrogens with zero attached hydrogens (tertiary/aromatic N) is 1. The molecule has 26 heavy (non-hydrogen) atoms. The summed E-state index contributed by atoms with van der Waals surface area (Å²) in [5.41, 5.74) is 2.45. The fourth-order valence-corrected chi connectivity index (χ4v) is 2.35. The third-order valence-electron chi connectivity index (χ3n) is 3.75. The lowest BCUT2D eigenvalue weighted by Crippen LogP contribution is -2.40. The van der Waals surface area contributed by atoms with Crippen LogP contribution in [0.25, 0.3) is 0 Å². The first-order chi connectivity index (χ1) is 12.2.